The molecule has 0 spiro atoms. The molecule has 4 aromatic rings. The number of halogens is 1. The summed E-state index contributed by atoms with van der Waals surface area (Å²) in [6.45, 7) is 8.22. The van der Waals surface area contributed by atoms with Crippen molar-refractivity contribution in [3.8, 4) is 11.5 Å². The van der Waals surface area contributed by atoms with Crippen LogP contribution in [0.25, 0.3) is 0 Å². The Balaban J connectivity index is 1.19. The third-order valence-electron chi connectivity index (χ3n) is 7.30. The number of hydrogen-bond acceptors (Lipinski definition) is 4. The summed E-state index contributed by atoms with van der Waals surface area (Å²) < 4.78 is 24.5. The fourth-order valence-electron chi connectivity index (χ4n) is 4.89. The van der Waals surface area contributed by atoms with Crippen LogP contribution in [0.5, 0.6) is 11.5 Å². The molecular weight excluding hydrogens is 549 g/mol. The van der Waals surface area contributed by atoms with Gasteiger partial charge in [0.2, 0.25) is 7.37 Å². The highest BCUT2D eigenvalue weighted by Gasteiger charge is 2.17. The Morgan fingerprint density at radius 1 is 0.805 bits per heavy atom. The van der Waals surface area contributed by atoms with Crippen LogP contribution in [-0.4, -0.2) is 26.0 Å². The number of para-hydroxylation sites is 1. The molecule has 0 aliphatic carbocycles. The maximum Gasteiger partial charge on any atom is 0.245 e. The van der Waals surface area contributed by atoms with Gasteiger partial charge in [-0.25, -0.2) is 0 Å². The molecule has 0 aliphatic heterocycles. The van der Waals surface area contributed by atoms with Crippen LogP contribution in [0.2, 0.25) is 5.02 Å². The van der Waals surface area contributed by atoms with E-state index >= 15 is 0 Å². The van der Waals surface area contributed by atoms with Crippen LogP contribution in [-0.2, 0) is 11.1 Å². The van der Waals surface area contributed by atoms with Gasteiger partial charge < -0.3 is 14.6 Å². The number of ether oxygens (including phenoxy) is 1. The largest absolute Gasteiger partial charge is 0.494 e. The molecule has 1 N–H and O–H groups in total. The average molecular weight is 590 g/mol. The van der Waals surface area contributed by atoms with Gasteiger partial charge >= 0.3 is 0 Å². The second-order valence-corrected chi connectivity index (χ2v) is 13.9. The quantitative estimate of drug-likeness (QED) is 0.111. The molecule has 2 atom stereocenters. The predicted molar refractivity (Wildman–Crippen MR) is 172 cm³/mol. The topological polar surface area (TPSA) is 47.6 Å². The number of nitrogens with one attached hydrogen (secondary N) is 1. The number of benzene rings is 4. The normalized spacial score (nSPS) is 13.4. The Labute approximate surface area is 250 Å². The van der Waals surface area contributed by atoms with Gasteiger partial charge in [-0.1, -0.05) is 72.3 Å². The zero-order valence-electron chi connectivity index (χ0n) is 24.3. The molecule has 0 saturated heterocycles. The lowest BCUT2D eigenvalue weighted by Crippen LogP contribution is -2.16. The van der Waals surface area contributed by atoms with E-state index in [-0.39, 0.29) is 5.92 Å². The van der Waals surface area contributed by atoms with Gasteiger partial charge in [-0.05, 0) is 104 Å². The van der Waals surface area contributed by atoms with Gasteiger partial charge in [0.25, 0.3) is 0 Å². The van der Waals surface area contributed by atoms with Crippen molar-refractivity contribution in [2.24, 2.45) is 0 Å². The molecule has 0 aromatic heterocycles. The number of rotatable bonds is 15. The predicted octanol–water partition coefficient (Wildman–Crippen LogP) is 9.41. The van der Waals surface area contributed by atoms with Gasteiger partial charge in [0, 0.05) is 30.3 Å². The second kappa shape index (κ2) is 15.3. The van der Waals surface area contributed by atoms with Gasteiger partial charge in [-0.15, -0.1) is 0 Å². The van der Waals surface area contributed by atoms with Crippen LogP contribution in [0.4, 0.5) is 0 Å². The maximum absolute atomic E-state index is 12.7. The van der Waals surface area contributed by atoms with Crippen molar-refractivity contribution in [1.29, 1.82) is 0 Å². The van der Waals surface area contributed by atoms with Crippen molar-refractivity contribution in [3.05, 3.63) is 130 Å². The Hall–Kier alpha value is -3.04. The van der Waals surface area contributed by atoms with Crippen LogP contribution < -0.4 is 14.6 Å². The van der Waals surface area contributed by atoms with E-state index in [9.17, 15) is 4.57 Å². The zero-order valence-corrected chi connectivity index (χ0v) is 26.0. The summed E-state index contributed by atoms with van der Waals surface area (Å²) in [5.74, 6) is 1.82. The van der Waals surface area contributed by atoms with E-state index in [0.717, 1.165) is 43.1 Å². The van der Waals surface area contributed by atoms with Crippen molar-refractivity contribution in [2.45, 2.75) is 45.6 Å². The first-order valence-corrected chi connectivity index (χ1v) is 17.0. The summed E-state index contributed by atoms with van der Waals surface area (Å²) in [4.78, 5) is 0. The van der Waals surface area contributed by atoms with Crippen LogP contribution in [0, 0.1) is 13.8 Å². The lowest BCUT2D eigenvalue weighted by Gasteiger charge is -2.20. The Morgan fingerprint density at radius 2 is 1.56 bits per heavy atom. The van der Waals surface area contributed by atoms with E-state index in [1.807, 2.05) is 54.6 Å². The van der Waals surface area contributed by atoms with Crippen LogP contribution in [0.15, 0.2) is 97.1 Å². The molecule has 6 heteroatoms. The summed E-state index contributed by atoms with van der Waals surface area (Å²) in [5.41, 5.74) is 6.36. The minimum atomic E-state index is -2.66. The third-order valence-corrected chi connectivity index (χ3v) is 9.26. The summed E-state index contributed by atoms with van der Waals surface area (Å²) in [6, 6.07) is 32.6. The summed E-state index contributed by atoms with van der Waals surface area (Å²) in [6.07, 6.45) is 3.25. The zero-order chi connectivity index (χ0) is 29.1. The van der Waals surface area contributed by atoms with Crippen molar-refractivity contribution < 1.29 is 13.8 Å². The van der Waals surface area contributed by atoms with Gasteiger partial charge in [-0.2, -0.15) is 0 Å². The van der Waals surface area contributed by atoms with Crippen LogP contribution in [0.1, 0.15) is 53.0 Å². The minimum absolute atomic E-state index is 0.275. The van der Waals surface area contributed by atoms with Gasteiger partial charge in [-0.3, -0.25) is 4.57 Å². The third kappa shape index (κ3) is 10.1. The molecule has 216 valence electrons. The highest BCUT2D eigenvalue weighted by atomic mass is 35.5. The molecule has 0 amide bonds. The molecule has 0 saturated carbocycles. The Bertz CT molecular complexity index is 1430. The Morgan fingerprint density at radius 3 is 2.29 bits per heavy atom. The first-order valence-electron chi connectivity index (χ1n) is 14.4. The molecule has 4 nitrogen and oxygen atoms in total. The maximum atomic E-state index is 12.7. The minimum Gasteiger partial charge on any atom is -0.494 e. The van der Waals surface area contributed by atoms with Crippen molar-refractivity contribution in [1.82, 2.24) is 5.32 Å². The molecule has 0 fully saturated rings. The molecule has 0 radical (unpaired) electrons. The van der Waals surface area contributed by atoms with Crippen LogP contribution in [0.3, 0.4) is 0 Å². The van der Waals surface area contributed by atoms with Gasteiger partial charge in [0.05, 0.1) is 6.61 Å². The van der Waals surface area contributed by atoms with Gasteiger partial charge in [0.1, 0.15) is 11.5 Å². The van der Waals surface area contributed by atoms with E-state index in [1.165, 1.54) is 27.8 Å². The lowest BCUT2D eigenvalue weighted by atomic mass is 9.86. The molecular formula is C35H41ClNO3P. The summed E-state index contributed by atoms with van der Waals surface area (Å²) in [7, 11) is -2.66. The number of hydrogen-bond donors (Lipinski definition) is 1. The lowest BCUT2D eigenvalue weighted by molar-refractivity contribution is 0.304. The standard InChI is InChI=1S/C35H41ClNO3P/c1-27-15-18-31(24-28(27)2)35(30-10-7-11-32(36)25-30)14-8-22-39-33-19-16-29(17-20-33)26-37-21-9-23-41(3,38)40-34-12-5-4-6-13-34/h4-7,10-13,15-20,24-25,35,37H,8-9,14,21-23,26H2,1-3H3. The highest BCUT2D eigenvalue weighted by Crippen LogP contribution is 2.43. The van der Waals surface area contributed by atoms with E-state index in [2.05, 4.69) is 61.6 Å². The first-order chi connectivity index (χ1) is 19.8. The first kappa shape index (κ1) is 30.9. The molecule has 0 heterocycles. The van der Waals surface area contributed by atoms with E-state index < -0.39 is 7.37 Å². The smallest absolute Gasteiger partial charge is 0.245 e. The van der Waals surface area contributed by atoms with E-state index in [4.69, 9.17) is 20.9 Å². The SMILES string of the molecule is Cc1ccc(C(CCCOc2ccc(CNCCCP(C)(=O)Oc3ccccc3)cc2)c2cccc(Cl)c2)cc1C. The van der Waals surface area contributed by atoms with Crippen molar-refractivity contribution in [3.63, 3.8) is 0 Å². The van der Waals surface area contributed by atoms with Crippen molar-refractivity contribution >= 4 is 19.0 Å². The molecule has 4 aromatic carbocycles. The molecule has 0 bridgehead atoms. The summed E-state index contributed by atoms with van der Waals surface area (Å²) in [5, 5.41) is 4.21. The summed E-state index contributed by atoms with van der Waals surface area (Å²) >= 11 is 6.33. The molecule has 2 unspecified atom stereocenters. The molecule has 4 rings (SSSR count). The van der Waals surface area contributed by atoms with E-state index in [0.29, 0.717) is 18.5 Å². The van der Waals surface area contributed by atoms with Crippen molar-refractivity contribution in [2.75, 3.05) is 26.0 Å². The number of aryl methyl sites for hydroxylation is 2. The highest BCUT2D eigenvalue weighted by molar-refractivity contribution is 7.58. The van der Waals surface area contributed by atoms with Crippen LogP contribution >= 0.6 is 19.0 Å². The molecule has 0 aliphatic rings. The monoisotopic (exact) mass is 589 g/mol. The fraction of sp³-hybridized carbons (Fsp3) is 0.314. The van der Waals surface area contributed by atoms with E-state index in [1.54, 1.807) is 6.66 Å². The van der Waals surface area contributed by atoms with Gasteiger partial charge in [0.15, 0.2) is 0 Å². The fourth-order valence-corrected chi connectivity index (χ4v) is 6.48. The average Bonchev–Trinajstić information content (AvgIpc) is 2.95. The second-order valence-electron chi connectivity index (χ2n) is 10.8. The molecule has 41 heavy (non-hydrogen) atoms. The Kier molecular flexibility index (Phi) is 11.5.